The number of benzene rings is 2. The highest BCUT2D eigenvalue weighted by Crippen LogP contribution is 2.28. The SMILES string of the molecule is CC(C)(C)OCc1ccc2ccccc2c1Br. The normalized spacial score (nSPS) is 12.0. The van der Waals surface area contributed by atoms with Crippen LogP contribution in [-0.2, 0) is 11.3 Å². The zero-order valence-electron chi connectivity index (χ0n) is 10.5. The second kappa shape index (κ2) is 4.79. The van der Waals surface area contributed by atoms with E-state index in [1.165, 1.54) is 16.3 Å². The third-order valence-corrected chi connectivity index (χ3v) is 3.54. The maximum atomic E-state index is 5.82. The Bertz CT molecular complexity index is 526. The number of fused-ring (bicyclic) bond motifs is 1. The molecule has 17 heavy (non-hydrogen) atoms. The van der Waals surface area contributed by atoms with Crippen LogP contribution in [0.3, 0.4) is 0 Å². The van der Waals surface area contributed by atoms with Gasteiger partial charge in [0.2, 0.25) is 0 Å². The van der Waals surface area contributed by atoms with E-state index in [1.807, 2.05) is 0 Å². The predicted octanol–water partition coefficient (Wildman–Crippen LogP) is 4.92. The molecule has 0 saturated carbocycles. The molecule has 2 aromatic carbocycles. The number of hydrogen-bond acceptors (Lipinski definition) is 1. The highest BCUT2D eigenvalue weighted by atomic mass is 79.9. The van der Waals surface area contributed by atoms with Gasteiger partial charge in [-0.1, -0.05) is 36.4 Å². The fourth-order valence-corrected chi connectivity index (χ4v) is 2.29. The van der Waals surface area contributed by atoms with Gasteiger partial charge in [-0.05, 0) is 53.0 Å². The first kappa shape index (κ1) is 12.6. The maximum absolute atomic E-state index is 5.82. The zero-order valence-corrected chi connectivity index (χ0v) is 12.0. The summed E-state index contributed by atoms with van der Waals surface area (Å²) in [4.78, 5) is 0. The molecule has 0 spiro atoms. The molecule has 1 nitrogen and oxygen atoms in total. The third-order valence-electron chi connectivity index (χ3n) is 2.60. The van der Waals surface area contributed by atoms with Crippen LogP contribution in [0.25, 0.3) is 10.8 Å². The lowest BCUT2D eigenvalue weighted by atomic mass is 10.1. The Labute approximate surface area is 111 Å². The molecule has 0 bridgehead atoms. The van der Waals surface area contributed by atoms with Crippen LogP contribution in [0.2, 0.25) is 0 Å². The van der Waals surface area contributed by atoms with Gasteiger partial charge in [0.1, 0.15) is 0 Å². The molecule has 0 saturated heterocycles. The lowest BCUT2D eigenvalue weighted by Gasteiger charge is -2.20. The number of halogens is 1. The summed E-state index contributed by atoms with van der Waals surface area (Å²) in [5.74, 6) is 0. The van der Waals surface area contributed by atoms with Crippen LogP contribution >= 0.6 is 15.9 Å². The van der Waals surface area contributed by atoms with Gasteiger partial charge in [-0.3, -0.25) is 0 Å². The van der Waals surface area contributed by atoms with E-state index in [-0.39, 0.29) is 5.60 Å². The lowest BCUT2D eigenvalue weighted by Crippen LogP contribution is -2.18. The van der Waals surface area contributed by atoms with Crippen molar-refractivity contribution in [2.24, 2.45) is 0 Å². The fraction of sp³-hybridized carbons (Fsp3) is 0.333. The van der Waals surface area contributed by atoms with Gasteiger partial charge < -0.3 is 4.74 Å². The molecule has 90 valence electrons. The largest absolute Gasteiger partial charge is 0.371 e. The fourth-order valence-electron chi connectivity index (χ4n) is 1.68. The van der Waals surface area contributed by atoms with Crippen molar-refractivity contribution in [1.29, 1.82) is 0 Å². The molecule has 0 aliphatic rings. The van der Waals surface area contributed by atoms with E-state index in [2.05, 4.69) is 73.1 Å². The summed E-state index contributed by atoms with van der Waals surface area (Å²) in [6, 6.07) is 12.6. The van der Waals surface area contributed by atoms with Gasteiger partial charge in [-0.2, -0.15) is 0 Å². The van der Waals surface area contributed by atoms with Crippen LogP contribution in [-0.4, -0.2) is 5.60 Å². The topological polar surface area (TPSA) is 9.23 Å². The highest BCUT2D eigenvalue weighted by Gasteiger charge is 2.12. The Kier molecular flexibility index (Phi) is 3.55. The second-order valence-electron chi connectivity index (χ2n) is 5.16. The average molecular weight is 293 g/mol. The average Bonchev–Trinajstić information content (AvgIpc) is 2.27. The predicted molar refractivity (Wildman–Crippen MR) is 76.2 cm³/mol. The van der Waals surface area contributed by atoms with E-state index < -0.39 is 0 Å². The first-order chi connectivity index (χ1) is 7.97. The van der Waals surface area contributed by atoms with Crippen LogP contribution in [0.1, 0.15) is 26.3 Å². The molecule has 0 atom stereocenters. The van der Waals surface area contributed by atoms with E-state index in [1.54, 1.807) is 0 Å². The van der Waals surface area contributed by atoms with Gasteiger partial charge in [-0.25, -0.2) is 0 Å². The molecule has 2 rings (SSSR count). The minimum absolute atomic E-state index is 0.106. The van der Waals surface area contributed by atoms with E-state index >= 15 is 0 Å². The monoisotopic (exact) mass is 292 g/mol. The molecule has 0 aliphatic carbocycles. The maximum Gasteiger partial charge on any atom is 0.0735 e. The second-order valence-corrected chi connectivity index (χ2v) is 5.95. The summed E-state index contributed by atoms with van der Waals surface area (Å²) in [6.45, 7) is 6.85. The van der Waals surface area contributed by atoms with Gasteiger partial charge >= 0.3 is 0 Å². The quantitative estimate of drug-likeness (QED) is 0.764. The summed E-state index contributed by atoms with van der Waals surface area (Å²) in [7, 11) is 0. The molecule has 2 aromatic rings. The number of rotatable bonds is 2. The molecule has 0 heterocycles. The lowest BCUT2D eigenvalue weighted by molar-refractivity contribution is -0.0151. The Hall–Kier alpha value is -0.860. The first-order valence-corrected chi connectivity index (χ1v) is 6.57. The minimum atomic E-state index is -0.106. The van der Waals surface area contributed by atoms with Crippen LogP contribution in [0, 0.1) is 0 Å². The minimum Gasteiger partial charge on any atom is -0.371 e. The van der Waals surface area contributed by atoms with Crippen LogP contribution in [0.5, 0.6) is 0 Å². The molecule has 0 fully saturated rings. The molecule has 0 unspecified atom stereocenters. The van der Waals surface area contributed by atoms with Crippen molar-refractivity contribution < 1.29 is 4.74 Å². The zero-order chi connectivity index (χ0) is 12.5. The molecule has 2 heteroatoms. The van der Waals surface area contributed by atoms with E-state index in [9.17, 15) is 0 Å². The molecular weight excluding hydrogens is 276 g/mol. The summed E-state index contributed by atoms with van der Waals surface area (Å²) in [5.41, 5.74) is 1.09. The van der Waals surface area contributed by atoms with Gasteiger partial charge in [0, 0.05) is 4.47 Å². The Morgan fingerprint density at radius 2 is 1.76 bits per heavy atom. The summed E-state index contributed by atoms with van der Waals surface area (Å²) in [6.07, 6.45) is 0. The van der Waals surface area contributed by atoms with E-state index in [0.29, 0.717) is 6.61 Å². The smallest absolute Gasteiger partial charge is 0.0735 e. The molecule has 0 radical (unpaired) electrons. The molecule has 0 aliphatic heterocycles. The molecule has 0 aromatic heterocycles. The van der Waals surface area contributed by atoms with Crippen LogP contribution < -0.4 is 0 Å². The summed E-state index contributed by atoms with van der Waals surface area (Å²) < 4.78 is 6.95. The van der Waals surface area contributed by atoms with Crippen molar-refractivity contribution in [2.45, 2.75) is 33.0 Å². The van der Waals surface area contributed by atoms with E-state index in [0.717, 1.165) is 4.47 Å². The molecule has 0 N–H and O–H groups in total. The Morgan fingerprint density at radius 1 is 1.06 bits per heavy atom. The Balaban J connectivity index is 2.33. The van der Waals surface area contributed by atoms with Crippen LogP contribution in [0.15, 0.2) is 40.9 Å². The van der Waals surface area contributed by atoms with Crippen molar-refractivity contribution in [3.63, 3.8) is 0 Å². The van der Waals surface area contributed by atoms with Crippen molar-refractivity contribution in [1.82, 2.24) is 0 Å². The van der Waals surface area contributed by atoms with Gasteiger partial charge in [-0.15, -0.1) is 0 Å². The molecule has 0 amide bonds. The summed E-state index contributed by atoms with van der Waals surface area (Å²) in [5, 5.41) is 2.49. The Morgan fingerprint density at radius 3 is 2.47 bits per heavy atom. The number of hydrogen-bond donors (Lipinski definition) is 0. The van der Waals surface area contributed by atoms with Crippen molar-refractivity contribution >= 4 is 26.7 Å². The third kappa shape index (κ3) is 3.08. The van der Waals surface area contributed by atoms with Gasteiger partial charge in [0.25, 0.3) is 0 Å². The summed E-state index contributed by atoms with van der Waals surface area (Å²) >= 11 is 3.67. The highest BCUT2D eigenvalue weighted by molar-refractivity contribution is 9.10. The van der Waals surface area contributed by atoms with Gasteiger partial charge in [0.15, 0.2) is 0 Å². The van der Waals surface area contributed by atoms with E-state index in [4.69, 9.17) is 4.74 Å². The number of ether oxygens (including phenoxy) is 1. The van der Waals surface area contributed by atoms with Gasteiger partial charge in [0.05, 0.1) is 12.2 Å². The standard InChI is InChI=1S/C15H17BrO/c1-15(2,3)17-10-12-9-8-11-6-4-5-7-13(11)14(12)16/h4-9H,10H2,1-3H3. The van der Waals surface area contributed by atoms with Crippen molar-refractivity contribution in [3.8, 4) is 0 Å². The van der Waals surface area contributed by atoms with Crippen molar-refractivity contribution in [2.75, 3.05) is 0 Å². The van der Waals surface area contributed by atoms with Crippen LogP contribution in [0.4, 0.5) is 0 Å². The first-order valence-electron chi connectivity index (χ1n) is 5.77. The van der Waals surface area contributed by atoms with Crippen molar-refractivity contribution in [3.05, 3.63) is 46.4 Å². The molecular formula is C15H17BrO.